The number of hydrazine groups is 1. The zero-order valence-corrected chi connectivity index (χ0v) is 15.7. The third kappa shape index (κ3) is 4.76. The number of morpholine rings is 1. The molecule has 1 N–H and O–H groups in total. The van der Waals surface area contributed by atoms with Crippen LogP contribution in [0.1, 0.15) is 26.7 Å². The SMILES string of the molecule is CCOc1cc(N2CCOCC2)c(OCC)cc1N=NNN1CCCC1. The quantitative estimate of drug-likeness (QED) is 0.566. The summed E-state index contributed by atoms with van der Waals surface area (Å²) in [6.07, 6.45) is 2.38. The standard InChI is InChI=1S/C18H29N5O3/c1-3-25-17-14-16(22-9-11-24-12-10-22)18(26-4-2)13-15(17)19-20-21-23-7-5-6-8-23/h13-14H,3-12H2,1-2H3,(H,19,21). The smallest absolute Gasteiger partial charge is 0.149 e. The Hall–Kier alpha value is -2.06. The number of hydrogen-bond donors (Lipinski definition) is 1. The zero-order chi connectivity index (χ0) is 18.2. The van der Waals surface area contributed by atoms with Crippen molar-refractivity contribution in [3.05, 3.63) is 12.1 Å². The number of ether oxygens (including phenoxy) is 3. The summed E-state index contributed by atoms with van der Waals surface area (Å²) in [5, 5.41) is 10.5. The summed E-state index contributed by atoms with van der Waals surface area (Å²) in [6.45, 7) is 10.2. The van der Waals surface area contributed by atoms with Crippen LogP contribution in [0.5, 0.6) is 11.5 Å². The first-order valence-corrected chi connectivity index (χ1v) is 9.49. The molecule has 0 radical (unpaired) electrons. The van der Waals surface area contributed by atoms with Crippen LogP contribution in [-0.2, 0) is 4.74 Å². The fourth-order valence-corrected chi connectivity index (χ4v) is 3.17. The van der Waals surface area contributed by atoms with Crippen molar-refractivity contribution in [3.63, 3.8) is 0 Å². The lowest BCUT2D eigenvalue weighted by Gasteiger charge is -2.30. The van der Waals surface area contributed by atoms with Crippen molar-refractivity contribution in [2.45, 2.75) is 26.7 Å². The van der Waals surface area contributed by atoms with Crippen molar-refractivity contribution in [2.24, 2.45) is 10.3 Å². The van der Waals surface area contributed by atoms with Gasteiger partial charge in [0.25, 0.3) is 0 Å². The van der Waals surface area contributed by atoms with E-state index in [9.17, 15) is 0 Å². The van der Waals surface area contributed by atoms with Gasteiger partial charge in [0.15, 0.2) is 0 Å². The molecule has 0 amide bonds. The Bertz CT molecular complexity index is 599. The maximum Gasteiger partial charge on any atom is 0.149 e. The van der Waals surface area contributed by atoms with Crippen molar-refractivity contribution in [1.82, 2.24) is 10.5 Å². The highest BCUT2D eigenvalue weighted by molar-refractivity contribution is 5.70. The Labute approximate surface area is 155 Å². The van der Waals surface area contributed by atoms with Gasteiger partial charge in [-0.2, -0.15) is 0 Å². The van der Waals surface area contributed by atoms with E-state index in [1.54, 1.807) is 0 Å². The largest absolute Gasteiger partial charge is 0.492 e. The first-order chi connectivity index (χ1) is 12.8. The zero-order valence-electron chi connectivity index (χ0n) is 15.7. The van der Waals surface area contributed by atoms with Gasteiger partial charge in [-0.05, 0) is 26.7 Å². The van der Waals surface area contributed by atoms with E-state index in [-0.39, 0.29) is 0 Å². The fraction of sp³-hybridized carbons (Fsp3) is 0.667. The maximum atomic E-state index is 5.87. The van der Waals surface area contributed by atoms with E-state index in [4.69, 9.17) is 14.2 Å². The lowest BCUT2D eigenvalue weighted by Crippen LogP contribution is -2.36. The Balaban J connectivity index is 1.83. The van der Waals surface area contributed by atoms with E-state index in [2.05, 4.69) is 25.8 Å². The van der Waals surface area contributed by atoms with E-state index in [1.165, 1.54) is 12.8 Å². The second kappa shape index (κ2) is 9.59. The molecular weight excluding hydrogens is 334 g/mol. The summed E-state index contributed by atoms with van der Waals surface area (Å²) < 4.78 is 17.2. The Morgan fingerprint density at radius 3 is 2.38 bits per heavy atom. The fourth-order valence-electron chi connectivity index (χ4n) is 3.17. The first-order valence-electron chi connectivity index (χ1n) is 9.49. The number of nitrogens with zero attached hydrogens (tertiary/aromatic N) is 4. The lowest BCUT2D eigenvalue weighted by atomic mass is 10.2. The van der Waals surface area contributed by atoms with Crippen LogP contribution in [0.15, 0.2) is 22.5 Å². The van der Waals surface area contributed by atoms with Gasteiger partial charge in [-0.1, -0.05) is 5.22 Å². The van der Waals surface area contributed by atoms with Crippen LogP contribution in [0.25, 0.3) is 0 Å². The minimum Gasteiger partial charge on any atom is -0.492 e. The van der Waals surface area contributed by atoms with Gasteiger partial charge in [-0.3, -0.25) is 0 Å². The topological polar surface area (TPSA) is 70.9 Å². The molecule has 2 saturated heterocycles. The molecule has 2 fully saturated rings. The highest BCUT2D eigenvalue weighted by Gasteiger charge is 2.19. The van der Waals surface area contributed by atoms with Crippen molar-refractivity contribution in [1.29, 1.82) is 0 Å². The number of hydrogen-bond acceptors (Lipinski definition) is 7. The van der Waals surface area contributed by atoms with Gasteiger partial charge in [-0.25, -0.2) is 10.5 Å². The summed E-state index contributed by atoms with van der Waals surface area (Å²) in [5.74, 6) is 1.51. The maximum absolute atomic E-state index is 5.87. The summed E-state index contributed by atoms with van der Waals surface area (Å²) in [7, 11) is 0. The molecule has 2 aliphatic heterocycles. The van der Waals surface area contributed by atoms with Crippen LogP contribution in [0.4, 0.5) is 11.4 Å². The predicted octanol–water partition coefficient (Wildman–Crippen LogP) is 2.92. The van der Waals surface area contributed by atoms with Gasteiger partial charge in [0.1, 0.15) is 17.2 Å². The molecule has 0 saturated carbocycles. The third-order valence-corrected chi connectivity index (χ3v) is 4.44. The van der Waals surface area contributed by atoms with Crippen molar-refractivity contribution in [3.8, 4) is 11.5 Å². The van der Waals surface area contributed by atoms with E-state index in [0.717, 1.165) is 50.8 Å². The second-order valence-corrected chi connectivity index (χ2v) is 6.25. The Morgan fingerprint density at radius 2 is 1.69 bits per heavy atom. The van der Waals surface area contributed by atoms with Crippen LogP contribution in [0.2, 0.25) is 0 Å². The minimum absolute atomic E-state index is 0.568. The van der Waals surface area contributed by atoms with Gasteiger partial charge in [0.05, 0.1) is 32.1 Å². The van der Waals surface area contributed by atoms with Crippen molar-refractivity contribution in [2.75, 3.05) is 57.5 Å². The van der Waals surface area contributed by atoms with Gasteiger partial charge >= 0.3 is 0 Å². The first kappa shape index (κ1) is 18.7. The molecule has 0 atom stereocenters. The lowest BCUT2D eigenvalue weighted by molar-refractivity contribution is 0.122. The molecule has 144 valence electrons. The van der Waals surface area contributed by atoms with Crippen LogP contribution in [-0.4, -0.2) is 57.6 Å². The average molecular weight is 363 g/mol. The summed E-state index contributed by atoms with van der Waals surface area (Å²) >= 11 is 0. The van der Waals surface area contributed by atoms with E-state index in [0.29, 0.717) is 24.7 Å². The number of benzene rings is 1. The summed E-state index contributed by atoms with van der Waals surface area (Å²) in [6, 6.07) is 3.92. The molecular formula is C18H29N5O3. The summed E-state index contributed by atoms with van der Waals surface area (Å²) in [4.78, 5) is 2.26. The van der Waals surface area contributed by atoms with E-state index < -0.39 is 0 Å². The average Bonchev–Trinajstić information content (AvgIpc) is 3.18. The molecule has 1 aromatic rings. The van der Waals surface area contributed by atoms with Gasteiger partial charge in [0, 0.05) is 38.3 Å². The Morgan fingerprint density at radius 1 is 1.00 bits per heavy atom. The molecule has 1 aromatic carbocycles. The Kier molecular flexibility index (Phi) is 6.90. The molecule has 8 heteroatoms. The molecule has 8 nitrogen and oxygen atoms in total. The number of rotatable bonds is 8. The van der Waals surface area contributed by atoms with Crippen LogP contribution in [0, 0.1) is 0 Å². The molecule has 0 bridgehead atoms. The van der Waals surface area contributed by atoms with Gasteiger partial charge in [0.2, 0.25) is 0 Å². The van der Waals surface area contributed by atoms with Crippen molar-refractivity contribution < 1.29 is 14.2 Å². The normalized spacial score (nSPS) is 18.5. The molecule has 3 rings (SSSR count). The number of nitrogens with one attached hydrogen (secondary N) is 1. The van der Waals surface area contributed by atoms with Crippen LogP contribution in [0.3, 0.4) is 0 Å². The van der Waals surface area contributed by atoms with Crippen LogP contribution < -0.4 is 19.9 Å². The highest BCUT2D eigenvalue weighted by atomic mass is 16.5. The van der Waals surface area contributed by atoms with Crippen molar-refractivity contribution >= 4 is 11.4 Å². The molecule has 0 aromatic heterocycles. The second-order valence-electron chi connectivity index (χ2n) is 6.25. The molecule has 0 spiro atoms. The molecule has 2 aliphatic rings. The van der Waals surface area contributed by atoms with Gasteiger partial charge < -0.3 is 19.1 Å². The number of anilines is 1. The molecule has 26 heavy (non-hydrogen) atoms. The molecule has 0 aliphatic carbocycles. The predicted molar refractivity (Wildman–Crippen MR) is 100 cm³/mol. The third-order valence-electron chi connectivity index (χ3n) is 4.44. The summed E-state index contributed by atoms with van der Waals surface area (Å²) in [5.41, 5.74) is 4.68. The van der Waals surface area contributed by atoms with Gasteiger partial charge in [-0.15, -0.1) is 5.11 Å². The van der Waals surface area contributed by atoms with Crippen LogP contribution >= 0.6 is 0 Å². The minimum atomic E-state index is 0.568. The molecule has 0 unspecified atom stereocenters. The molecule has 2 heterocycles. The van der Waals surface area contributed by atoms with E-state index in [1.807, 2.05) is 26.0 Å². The monoisotopic (exact) mass is 363 g/mol. The highest BCUT2D eigenvalue weighted by Crippen LogP contribution is 2.40. The van der Waals surface area contributed by atoms with E-state index >= 15 is 0 Å².